The van der Waals surface area contributed by atoms with Gasteiger partial charge in [0.25, 0.3) is 0 Å². The molecule has 0 radical (unpaired) electrons. The SMILES string of the molecule is CN=C1SC(CC(=O)Nc2cccc(C)c2)C(=O)N1C. The van der Waals surface area contributed by atoms with E-state index >= 15 is 0 Å². The monoisotopic (exact) mass is 291 g/mol. The first-order valence-electron chi connectivity index (χ1n) is 6.29. The molecule has 106 valence electrons. The van der Waals surface area contributed by atoms with Crippen molar-refractivity contribution < 1.29 is 9.59 Å². The maximum absolute atomic E-state index is 12.0. The number of aliphatic imine (C=N–C) groups is 1. The number of benzene rings is 1. The number of anilines is 1. The molecule has 0 spiro atoms. The molecule has 1 fully saturated rings. The lowest BCUT2D eigenvalue weighted by atomic mass is 10.2. The van der Waals surface area contributed by atoms with Crippen molar-refractivity contribution in [3.8, 4) is 0 Å². The van der Waals surface area contributed by atoms with Crippen LogP contribution in [-0.4, -0.2) is 41.2 Å². The second-order valence-corrected chi connectivity index (χ2v) is 5.80. The van der Waals surface area contributed by atoms with Gasteiger partial charge >= 0.3 is 0 Å². The summed E-state index contributed by atoms with van der Waals surface area (Å²) in [4.78, 5) is 29.5. The fourth-order valence-electron chi connectivity index (χ4n) is 2.00. The van der Waals surface area contributed by atoms with E-state index in [0.717, 1.165) is 11.3 Å². The van der Waals surface area contributed by atoms with E-state index in [1.165, 1.54) is 16.7 Å². The predicted octanol–water partition coefficient (Wildman–Crippen LogP) is 1.88. The minimum atomic E-state index is -0.386. The molecule has 1 aromatic rings. The number of hydrogen-bond donors (Lipinski definition) is 1. The number of carbonyl (C=O) groups is 2. The molecule has 1 unspecified atom stereocenters. The highest BCUT2D eigenvalue weighted by molar-refractivity contribution is 8.15. The Hall–Kier alpha value is -1.82. The number of nitrogens with zero attached hydrogens (tertiary/aromatic N) is 2. The van der Waals surface area contributed by atoms with Gasteiger partial charge in [-0.3, -0.25) is 19.5 Å². The zero-order chi connectivity index (χ0) is 14.7. The van der Waals surface area contributed by atoms with Crippen molar-refractivity contribution in [3.05, 3.63) is 29.8 Å². The van der Waals surface area contributed by atoms with Crippen LogP contribution in [0.2, 0.25) is 0 Å². The zero-order valence-electron chi connectivity index (χ0n) is 11.7. The molecule has 1 N–H and O–H groups in total. The number of thioether (sulfide) groups is 1. The van der Waals surface area contributed by atoms with Crippen molar-refractivity contribution in [2.45, 2.75) is 18.6 Å². The highest BCUT2D eigenvalue weighted by Gasteiger charge is 2.36. The van der Waals surface area contributed by atoms with E-state index in [0.29, 0.717) is 5.17 Å². The summed E-state index contributed by atoms with van der Waals surface area (Å²) in [6, 6.07) is 7.58. The Morgan fingerprint density at radius 3 is 2.85 bits per heavy atom. The van der Waals surface area contributed by atoms with Gasteiger partial charge in [0, 0.05) is 26.2 Å². The molecule has 1 atom stereocenters. The molecule has 0 aliphatic carbocycles. The second-order valence-electron chi connectivity index (χ2n) is 4.63. The minimum absolute atomic E-state index is 0.0741. The number of amides is 2. The molecule has 1 aliphatic rings. The molecule has 1 aromatic carbocycles. The van der Waals surface area contributed by atoms with Crippen LogP contribution in [0.5, 0.6) is 0 Å². The van der Waals surface area contributed by atoms with Gasteiger partial charge in [-0.05, 0) is 24.6 Å². The third-order valence-electron chi connectivity index (χ3n) is 3.00. The lowest BCUT2D eigenvalue weighted by Gasteiger charge is -2.09. The molecule has 0 aromatic heterocycles. The first-order valence-corrected chi connectivity index (χ1v) is 7.16. The maximum Gasteiger partial charge on any atom is 0.242 e. The van der Waals surface area contributed by atoms with Crippen molar-refractivity contribution >= 4 is 34.4 Å². The molecule has 6 heteroatoms. The van der Waals surface area contributed by atoms with Crippen LogP contribution in [0.3, 0.4) is 0 Å². The Balaban J connectivity index is 1.97. The Morgan fingerprint density at radius 1 is 1.50 bits per heavy atom. The van der Waals surface area contributed by atoms with Gasteiger partial charge in [-0.2, -0.15) is 0 Å². The largest absolute Gasteiger partial charge is 0.326 e. The highest BCUT2D eigenvalue weighted by Crippen LogP contribution is 2.28. The smallest absolute Gasteiger partial charge is 0.242 e. The van der Waals surface area contributed by atoms with Gasteiger partial charge in [-0.15, -0.1) is 0 Å². The van der Waals surface area contributed by atoms with E-state index in [9.17, 15) is 9.59 Å². The molecule has 20 heavy (non-hydrogen) atoms. The fourth-order valence-corrected chi connectivity index (χ4v) is 3.10. The van der Waals surface area contributed by atoms with E-state index in [-0.39, 0.29) is 23.5 Å². The molecule has 2 rings (SSSR count). The Labute approximate surface area is 122 Å². The van der Waals surface area contributed by atoms with Gasteiger partial charge in [0.05, 0.1) is 0 Å². The summed E-state index contributed by atoms with van der Waals surface area (Å²) >= 11 is 1.33. The molecular formula is C14H17N3O2S. The van der Waals surface area contributed by atoms with Crippen LogP contribution in [0.4, 0.5) is 5.69 Å². The quantitative estimate of drug-likeness (QED) is 0.925. The van der Waals surface area contributed by atoms with E-state index in [4.69, 9.17) is 0 Å². The average Bonchev–Trinajstić information content (AvgIpc) is 2.66. The van der Waals surface area contributed by atoms with Crippen LogP contribution in [0.1, 0.15) is 12.0 Å². The summed E-state index contributed by atoms with van der Waals surface area (Å²) in [7, 11) is 3.32. The van der Waals surface area contributed by atoms with Crippen molar-refractivity contribution in [1.82, 2.24) is 4.90 Å². The lowest BCUT2D eigenvalue weighted by molar-refractivity contribution is -0.127. The van der Waals surface area contributed by atoms with Crippen molar-refractivity contribution in [3.63, 3.8) is 0 Å². The third kappa shape index (κ3) is 3.19. The van der Waals surface area contributed by atoms with Crippen LogP contribution < -0.4 is 5.32 Å². The first-order chi connectivity index (χ1) is 9.51. The summed E-state index contributed by atoms with van der Waals surface area (Å²) < 4.78 is 0. The predicted molar refractivity (Wildman–Crippen MR) is 81.9 cm³/mol. The molecule has 5 nitrogen and oxygen atoms in total. The Kier molecular flexibility index (Phi) is 4.44. The number of nitrogens with one attached hydrogen (secondary N) is 1. The second kappa shape index (κ2) is 6.09. The van der Waals surface area contributed by atoms with Crippen LogP contribution in [0.15, 0.2) is 29.3 Å². The van der Waals surface area contributed by atoms with Crippen molar-refractivity contribution in [2.24, 2.45) is 4.99 Å². The van der Waals surface area contributed by atoms with E-state index < -0.39 is 0 Å². The summed E-state index contributed by atoms with van der Waals surface area (Å²) in [5.41, 5.74) is 1.83. The van der Waals surface area contributed by atoms with Gasteiger partial charge in [0.15, 0.2) is 5.17 Å². The molecule has 0 saturated carbocycles. The molecule has 1 aliphatic heterocycles. The molecular weight excluding hydrogens is 274 g/mol. The topological polar surface area (TPSA) is 61.8 Å². The van der Waals surface area contributed by atoms with Gasteiger partial charge < -0.3 is 5.32 Å². The summed E-state index contributed by atoms with van der Waals surface area (Å²) in [6.45, 7) is 1.96. The Morgan fingerprint density at radius 2 is 2.25 bits per heavy atom. The number of hydrogen-bond acceptors (Lipinski definition) is 4. The lowest BCUT2D eigenvalue weighted by Crippen LogP contribution is -2.30. The van der Waals surface area contributed by atoms with E-state index in [1.54, 1.807) is 14.1 Å². The highest BCUT2D eigenvalue weighted by atomic mass is 32.2. The minimum Gasteiger partial charge on any atom is -0.326 e. The van der Waals surface area contributed by atoms with Crippen LogP contribution in [-0.2, 0) is 9.59 Å². The Bertz CT molecular complexity index is 571. The normalized spacial score (nSPS) is 20.6. The van der Waals surface area contributed by atoms with Gasteiger partial charge in [-0.1, -0.05) is 23.9 Å². The summed E-state index contributed by atoms with van der Waals surface area (Å²) in [5, 5.41) is 3.09. The number of carbonyl (C=O) groups excluding carboxylic acids is 2. The van der Waals surface area contributed by atoms with Crippen LogP contribution in [0.25, 0.3) is 0 Å². The maximum atomic E-state index is 12.0. The van der Waals surface area contributed by atoms with E-state index in [2.05, 4.69) is 10.3 Å². The third-order valence-corrected chi connectivity index (χ3v) is 4.32. The molecule has 0 bridgehead atoms. The average molecular weight is 291 g/mol. The van der Waals surface area contributed by atoms with Gasteiger partial charge in [0.2, 0.25) is 11.8 Å². The van der Waals surface area contributed by atoms with Crippen LogP contribution >= 0.6 is 11.8 Å². The number of rotatable bonds is 3. The summed E-state index contributed by atoms with van der Waals surface area (Å²) in [5.74, 6) is -0.234. The molecule has 1 heterocycles. The summed E-state index contributed by atoms with van der Waals surface area (Å²) in [6.07, 6.45) is 0.154. The number of amidine groups is 1. The van der Waals surface area contributed by atoms with Gasteiger partial charge in [-0.25, -0.2) is 0 Å². The van der Waals surface area contributed by atoms with E-state index in [1.807, 2.05) is 31.2 Å². The fraction of sp³-hybridized carbons (Fsp3) is 0.357. The van der Waals surface area contributed by atoms with Crippen molar-refractivity contribution in [1.29, 1.82) is 0 Å². The van der Waals surface area contributed by atoms with Gasteiger partial charge in [0.1, 0.15) is 5.25 Å². The van der Waals surface area contributed by atoms with Crippen molar-refractivity contribution in [2.75, 3.05) is 19.4 Å². The molecule has 2 amide bonds. The molecule has 1 saturated heterocycles. The van der Waals surface area contributed by atoms with Crippen LogP contribution in [0, 0.1) is 6.92 Å². The number of aryl methyl sites for hydroxylation is 1. The zero-order valence-corrected chi connectivity index (χ0v) is 12.5. The standard InChI is InChI=1S/C14H17N3O2S/c1-9-5-4-6-10(7-9)16-12(18)8-11-13(19)17(3)14(15-2)20-11/h4-7,11H,8H2,1-3H3,(H,16,18). The first kappa shape index (κ1) is 14.6.